The summed E-state index contributed by atoms with van der Waals surface area (Å²) in [4.78, 5) is 33.6. The Labute approximate surface area is 370 Å². The van der Waals surface area contributed by atoms with Gasteiger partial charge in [0.1, 0.15) is 12.1 Å². The molecule has 10 nitrogen and oxygen atoms in total. The largest absolute Gasteiger partial charge is 0.480 e. The van der Waals surface area contributed by atoms with E-state index < -0.39 is 45.1 Å². The van der Waals surface area contributed by atoms with Crippen molar-refractivity contribution in [2.24, 2.45) is 5.73 Å². The van der Waals surface area contributed by atoms with E-state index in [-0.39, 0.29) is 13.0 Å². The van der Waals surface area contributed by atoms with E-state index >= 15 is 0 Å². The van der Waals surface area contributed by atoms with Crippen molar-refractivity contribution in [3.63, 3.8) is 0 Å². The first-order valence-corrected chi connectivity index (χ1v) is 24.4. The van der Waals surface area contributed by atoms with Gasteiger partial charge in [-0.25, -0.2) is 4.57 Å². The van der Waals surface area contributed by atoms with E-state index in [9.17, 15) is 19.0 Å². The molecule has 0 radical (unpaired) electrons. The molecule has 11 heteroatoms. The molecule has 0 rings (SSSR count). The number of esters is 1. The number of rotatable bonds is 42. The number of phosphoric acid groups is 1. The molecule has 0 aliphatic heterocycles. The Morgan fingerprint density at radius 3 is 1.43 bits per heavy atom. The number of carbonyl (C=O) groups is 2. The molecule has 0 aliphatic carbocycles. The fraction of sp³-hybridized carbons (Fsp3) is 0.600. The Hall–Kier alpha value is -3.37. The monoisotopic (exact) mass is 872 g/mol. The van der Waals surface area contributed by atoms with Gasteiger partial charge in [-0.05, 0) is 89.9 Å². The van der Waals surface area contributed by atoms with Crippen LogP contribution in [0, 0.1) is 0 Å². The molecule has 61 heavy (non-hydrogen) atoms. The van der Waals surface area contributed by atoms with Crippen LogP contribution in [0.5, 0.6) is 0 Å². The van der Waals surface area contributed by atoms with Gasteiger partial charge >= 0.3 is 19.8 Å². The van der Waals surface area contributed by atoms with E-state index in [1.807, 2.05) is 12.2 Å². The summed E-state index contributed by atoms with van der Waals surface area (Å²) in [5.41, 5.74) is 5.35. The SMILES string of the molecule is CC/C=C\C/C=C\C/C=C\C/C=C\C/C=C\C/C=C\CCC(=O)OC(COCCCCCCCCC/C=C\C/C=C\C/C=C\CCCCC)COP(=O)(O)OCC(N)C(=O)O. The Kier molecular flexibility index (Phi) is 42.2. The van der Waals surface area contributed by atoms with E-state index in [4.69, 9.17) is 29.4 Å². The molecule has 0 bridgehead atoms. The molecule has 0 fully saturated rings. The molecule has 3 unspecified atom stereocenters. The zero-order chi connectivity index (χ0) is 44.8. The Morgan fingerprint density at radius 1 is 0.541 bits per heavy atom. The van der Waals surface area contributed by atoms with Gasteiger partial charge < -0.3 is 25.2 Å². The first kappa shape index (κ1) is 57.6. The first-order valence-electron chi connectivity index (χ1n) is 22.9. The van der Waals surface area contributed by atoms with E-state index in [0.717, 1.165) is 77.0 Å². The van der Waals surface area contributed by atoms with Crippen LogP contribution in [0.2, 0.25) is 0 Å². The number of hydrogen-bond donors (Lipinski definition) is 3. The molecule has 0 saturated carbocycles. The summed E-state index contributed by atoms with van der Waals surface area (Å²) < 4.78 is 33.3. The molecule has 0 aromatic rings. The summed E-state index contributed by atoms with van der Waals surface area (Å²) in [5.74, 6) is -1.88. The van der Waals surface area contributed by atoms with Crippen LogP contribution < -0.4 is 5.73 Å². The van der Waals surface area contributed by atoms with E-state index in [1.165, 1.54) is 51.4 Å². The number of allylic oxidation sites excluding steroid dienone is 18. The molecule has 4 N–H and O–H groups in total. The molecule has 0 aromatic carbocycles. The van der Waals surface area contributed by atoms with Gasteiger partial charge in [-0.15, -0.1) is 0 Å². The highest BCUT2D eigenvalue weighted by Crippen LogP contribution is 2.43. The zero-order valence-corrected chi connectivity index (χ0v) is 38.6. The third-order valence-electron chi connectivity index (χ3n) is 9.05. The van der Waals surface area contributed by atoms with Gasteiger partial charge in [-0.2, -0.15) is 0 Å². The minimum absolute atomic E-state index is 0.0280. The maximum Gasteiger partial charge on any atom is 0.472 e. The van der Waals surface area contributed by atoms with Gasteiger partial charge in [0.15, 0.2) is 0 Å². The summed E-state index contributed by atoms with van der Waals surface area (Å²) in [5, 5.41) is 8.91. The lowest BCUT2D eigenvalue weighted by Gasteiger charge is -2.20. The van der Waals surface area contributed by atoms with Crippen LogP contribution in [0.3, 0.4) is 0 Å². The van der Waals surface area contributed by atoms with Gasteiger partial charge in [0, 0.05) is 13.0 Å². The number of phosphoric ester groups is 1. The molecular weight excluding hydrogens is 790 g/mol. The van der Waals surface area contributed by atoms with Crippen molar-refractivity contribution in [2.75, 3.05) is 26.4 Å². The third kappa shape index (κ3) is 44.5. The van der Waals surface area contributed by atoms with E-state index in [1.54, 1.807) is 0 Å². The molecule has 0 spiro atoms. The zero-order valence-electron chi connectivity index (χ0n) is 37.7. The van der Waals surface area contributed by atoms with Crippen molar-refractivity contribution in [1.29, 1.82) is 0 Å². The van der Waals surface area contributed by atoms with Crippen molar-refractivity contribution in [2.45, 2.75) is 167 Å². The standard InChI is InChI=1S/C50H82NO9P/c1-3-5-7-9-11-13-15-17-19-21-23-25-27-29-31-33-35-37-39-41-43-57-44-47(45-58-61(55,56)59-46-48(51)50(53)54)60-49(52)42-40-38-36-34-32-30-28-26-24-22-20-18-16-14-12-10-8-6-4-2/h6,8,11-14,17-20,23-26,30,32,36,38,47-48H,3-5,7,9-10,15-16,21-22,27-29,31,33-35,37,39-46,51H2,1-2H3,(H,53,54)(H,55,56)/b8-6-,13-11-,14-12-,19-17-,20-18-,25-23-,26-24-,32-30-,38-36-. The van der Waals surface area contributed by atoms with Crippen molar-refractivity contribution < 1.29 is 42.7 Å². The summed E-state index contributed by atoms with van der Waals surface area (Å²) in [6, 6.07) is -1.49. The quantitative estimate of drug-likeness (QED) is 0.0234. The number of ether oxygens (including phenoxy) is 2. The average molecular weight is 872 g/mol. The molecule has 0 saturated heterocycles. The maximum atomic E-state index is 12.6. The number of aliphatic carboxylic acids is 1. The number of carboxylic acid groups (broad SMARTS) is 1. The molecule has 0 amide bonds. The van der Waals surface area contributed by atoms with E-state index in [2.05, 4.69) is 111 Å². The number of unbranched alkanes of at least 4 members (excludes halogenated alkanes) is 10. The third-order valence-corrected chi connectivity index (χ3v) is 10.0. The fourth-order valence-corrected chi connectivity index (χ4v) is 6.30. The Morgan fingerprint density at radius 2 is 0.951 bits per heavy atom. The lowest BCUT2D eigenvalue weighted by Crippen LogP contribution is -2.34. The fourth-order valence-electron chi connectivity index (χ4n) is 5.52. The second kappa shape index (κ2) is 44.7. The molecule has 0 heterocycles. The van der Waals surface area contributed by atoms with E-state index in [0.29, 0.717) is 13.0 Å². The average Bonchev–Trinajstić information content (AvgIpc) is 3.24. The van der Waals surface area contributed by atoms with Gasteiger partial charge in [0.25, 0.3) is 0 Å². The first-order chi connectivity index (χ1) is 29.7. The van der Waals surface area contributed by atoms with Crippen LogP contribution in [-0.2, 0) is 32.7 Å². The number of carbonyl (C=O) groups excluding carboxylic acids is 1. The number of nitrogens with two attached hydrogens (primary N) is 1. The van der Waals surface area contributed by atoms with Gasteiger partial charge in [0.2, 0.25) is 0 Å². The van der Waals surface area contributed by atoms with Gasteiger partial charge in [0.05, 0.1) is 19.8 Å². The van der Waals surface area contributed by atoms with Crippen LogP contribution in [-0.4, -0.2) is 60.5 Å². The number of carboxylic acids is 1. The predicted octanol–water partition coefficient (Wildman–Crippen LogP) is 13.1. The van der Waals surface area contributed by atoms with Crippen molar-refractivity contribution in [3.05, 3.63) is 109 Å². The lowest BCUT2D eigenvalue weighted by atomic mass is 10.1. The molecular formula is C50H82NO9P. The summed E-state index contributed by atoms with van der Waals surface area (Å²) in [6.45, 7) is 3.60. The minimum atomic E-state index is -4.65. The smallest absolute Gasteiger partial charge is 0.472 e. The molecule has 0 aromatic heterocycles. The van der Waals surface area contributed by atoms with Crippen LogP contribution in [0.25, 0.3) is 0 Å². The highest BCUT2D eigenvalue weighted by Gasteiger charge is 2.27. The Bertz CT molecular complexity index is 1380. The van der Waals surface area contributed by atoms with Crippen molar-refractivity contribution in [3.8, 4) is 0 Å². The van der Waals surface area contributed by atoms with Crippen LogP contribution >= 0.6 is 7.82 Å². The Balaban J connectivity index is 4.38. The highest BCUT2D eigenvalue weighted by atomic mass is 31.2. The normalized spacial score (nSPS) is 14.8. The van der Waals surface area contributed by atoms with Crippen LogP contribution in [0.15, 0.2) is 109 Å². The summed E-state index contributed by atoms with van der Waals surface area (Å²) >= 11 is 0. The molecule has 346 valence electrons. The highest BCUT2D eigenvalue weighted by molar-refractivity contribution is 7.47. The predicted molar refractivity (Wildman–Crippen MR) is 253 cm³/mol. The minimum Gasteiger partial charge on any atom is -0.480 e. The topological polar surface area (TPSA) is 155 Å². The van der Waals surface area contributed by atoms with Crippen molar-refractivity contribution in [1.82, 2.24) is 0 Å². The second-order valence-corrected chi connectivity index (χ2v) is 16.2. The lowest BCUT2D eigenvalue weighted by molar-refractivity contribution is -0.154. The van der Waals surface area contributed by atoms with Crippen molar-refractivity contribution >= 4 is 19.8 Å². The summed E-state index contributed by atoms with van der Waals surface area (Å²) in [6.07, 6.45) is 60.1. The summed E-state index contributed by atoms with van der Waals surface area (Å²) in [7, 11) is -4.65. The van der Waals surface area contributed by atoms with Crippen LogP contribution in [0.1, 0.15) is 155 Å². The van der Waals surface area contributed by atoms with Gasteiger partial charge in [-0.3, -0.25) is 18.6 Å². The maximum absolute atomic E-state index is 12.6. The number of hydrogen-bond acceptors (Lipinski definition) is 8. The van der Waals surface area contributed by atoms with Crippen LogP contribution in [0.4, 0.5) is 0 Å². The second-order valence-electron chi connectivity index (χ2n) is 14.8. The molecule has 3 atom stereocenters. The van der Waals surface area contributed by atoms with Gasteiger partial charge in [-0.1, -0.05) is 168 Å². The molecule has 0 aliphatic rings.